The molecule has 24 heavy (non-hydrogen) atoms. The van der Waals surface area contributed by atoms with Crippen LogP contribution in [0, 0.1) is 6.92 Å². The number of fused-ring (bicyclic) bond motifs is 3. The van der Waals surface area contributed by atoms with Gasteiger partial charge in [-0.2, -0.15) is 0 Å². The fourth-order valence-electron chi connectivity index (χ4n) is 3.13. The van der Waals surface area contributed by atoms with Crippen LogP contribution in [0.5, 0.6) is 0 Å². The van der Waals surface area contributed by atoms with Crippen molar-refractivity contribution >= 4 is 33.8 Å². The molecule has 2 aromatic heterocycles. The fraction of sp³-hybridized carbons (Fsp3) is 0.500. The van der Waals surface area contributed by atoms with Crippen molar-refractivity contribution < 1.29 is 4.90 Å². The molecule has 1 N–H and O–H groups in total. The molecule has 6 heteroatoms. The third kappa shape index (κ3) is 3.26. The zero-order chi connectivity index (χ0) is 17.1. The second-order valence-electron chi connectivity index (χ2n) is 6.09. The van der Waals surface area contributed by atoms with E-state index in [1.165, 1.54) is 24.2 Å². The molecule has 0 radical (unpaired) electrons. The number of nitrogens with one attached hydrogen (secondary N) is 1. The second-order valence-corrected chi connectivity index (χ2v) is 7.15. The average Bonchev–Trinajstić information content (AvgIpc) is 2.91. The Hall–Kier alpha value is -1.66. The molecule has 0 saturated carbocycles. The third-order valence-electron chi connectivity index (χ3n) is 4.61. The average molecular weight is 345 g/mol. The number of nitrogens with zero attached hydrogens (tertiary/aromatic N) is 4. The summed E-state index contributed by atoms with van der Waals surface area (Å²) in [6, 6.07) is 6.48. The summed E-state index contributed by atoms with van der Waals surface area (Å²) in [5.41, 5.74) is 4.29. The molecule has 0 aliphatic rings. The van der Waals surface area contributed by atoms with Crippen molar-refractivity contribution in [3.8, 4) is 0 Å². The number of hydrogen-bond acceptors (Lipinski definition) is 4. The Morgan fingerprint density at radius 1 is 1.12 bits per heavy atom. The maximum Gasteiger partial charge on any atom is 0.211 e. The van der Waals surface area contributed by atoms with Crippen LogP contribution in [-0.4, -0.2) is 45.1 Å². The van der Waals surface area contributed by atoms with Crippen LogP contribution >= 0.6 is 11.8 Å². The fourth-order valence-corrected chi connectivity index (χ4v) is 3.95. The molecule has 0 atom stereocenters. The number of thioether (sulfide) groups is 1. The highest BCUT2D eigenvalue weighted by molar-refractivity contribution is 7.99. The number of rotatable bonds is 7. The van der Waals surface area contributed by atoms with Crippen LogP contribution in [-0.2, 0) is 6.54 Å². The van der Waals surface area contributed by atoms with Crippen molar-refractivity contribution in [1.29, 1.82) is 0 Å². The summed E-state index contributed by atoms with van der Waals surface area (Å²) in [4.78, 5) is 6.41. The van der Waals surface area contributed by atoms with Gasteiger partial charge in [0.05, 0.1) is 30.9 Å². The number of hydrogen-bond donors (Lipinski definition) is 1. The molecule has 128 valence electrons. The van der Waals surface area contributed by atoms with E-state index in [1.54, 1.807) is 16.7 Å². The van der Waals surface area contributed by atoms with E-state index in [-0.39, 0.29) is 0 Å². The van der Waals surface area contributed by atoms with E-state index < -0.39 is 0 Å². The van der Waals surface area contributed by atoms with Crippen LogP contribution in [0.4, 0.5) is 0 Å². The Kier molecular flexibility index (Phi) is 5.36. The van der Waals surface area contributed by atoms with Gasteiger partial charge >= 0.3 is 0 Å². The van der Waals surface area contributed by atoms with E-state index in [1.807, 2.05) is 0 Å². The van der Waals surface area contributed by atoms with Crippen LogP contribution < -0.4 is 4.90 Å². The molecular formula is C18H26N5S+. The molecule has 2 heterocycles. The lowest BCUT2D eigenvalue weighted by molar-refractivity contribution is -0.893. The van der Waals surface area contributed by atoms with Crippen molar-refractivity contribution in [1.82, 2.24) is 19.7 Å². The van der Waals surface area contributed by atoms with Gasteiger partial charge in [-0.15, -0.1) is 10.2 Å². The highest BCUT2D eigenvalue weighted by Crippen LogP contribution is 2.27. The Balaban J connectivity index is 1.91. The van der Waals surface area contributed by atoms with Gasteiger partial charge in [0.1, 0.15) is 5.52 Å². The number of quaternary nitrogens is 1. The van der Waals surface area contributed by atoms with Gasteiger partial charge < -0.3 is 9.47 Å². The minimum atomic E-state index is 0.781. The van der Waals surface area contributed by atoms with Gasteiger partial charge in [0, 0.05) is 11.9 Å². The van der Waals surface area contributed by atoms with E-state index >= 15 is 0 Å². The van der Waals surface area contributed by atoms with Crippen molar-refractivity contribution in [3.05, 3.63) is 23.8 Å². The monoisotopic (exact) mass is 344 g/mol. The predicted molar refractivity (Wildman–Crippen MR) is 101 cm³/mol. The van der Waals surface area contributed by atoms with E-state index in [0.29, 0.717) is 0 Å². The first kappa shape index (κ1) is 17.2. The SMILES string of the molecule is CCn1c2ccc(C)cc2c2nnc(SCC[NH+](CC)CC)nc21. The molecule has 5 nitrogen and oxygen atoms in total. The highest BCUT2D eigenvalue weighted by atomic mass is 32.2. The van der Waals surface area contributed by atoms with Gasteiger partial charge in [-0.25, -0.2) is 4.98 Å². The molecule has 3 rings (SSSR count). The second kappa shape index (κ2) is 7.49. The number of aromatic nitrogens is 4. The molecule has 1 aromatic carbocycles. The van der Waals surface area contributed by atoms with Crippen molar-refractivity contribution in [2.45, 2.75) is 39.4 Å². The number of benzene rings is 1. The first-order valence-corrected chi connectivity index (χ1v) is 9.76. The summed E-state index contributed by atoms with van der Waals surface area (Å²) in [7, 11) is 0. The maximum atomic E-state index is 4.80. The molecule has 0 saturated heterocycles. The lowest BCUT2D eigenvalue weighted by atomic mass is 10.2. The van der Waals surface area contributed by atoms with Crippen LogP contribution in [0.1, 0.15) is 26.3 Å². The number of aryl methyl sites for hydroxylation is 2. The van der Waals surface area contributed by atoms with E-state index in [4.69, 9.17) is 4.98 Å². The Morgan fingerprint density at radius 2 is 1.92 bits per heavy atom. The van der Waals surface area contributed by atoms with E-state index in [0.717, 1.165) is 40.5 Å². The molecule has 0 bridgehead atoms. The molecule has 0 amide bonds. The van der Waals surface area contributed by atoms with Crippen molar-refractivity contribution in [3.63, 3.8) is 0 Å². The maximum absolute atomic E-state index is 4.80. The first-order valence-electron chi connectivity index (χ1n) is 8.77. The summed E-state index contributed by atoms with van der Waals surface area (Å²) in [6.07, 6.45) is 0. The normalized spacial score (nSPS) is 11.9. The summed E-state index contributed by atoms with van der Waals surface area (Å²) < 4.78 is 2.23. The molecule has 0 unspecified atom stereocenters. The zero-order valence-corrected chi connectivity index (χ0v) is 15.8. The van der Waals surface area contributed by atoms with Gasteiger partial charge in [-0.3, -0.25) is 0 Å². The topological polar surface area (TPSA) is 48.0 Å². The van der Waals surface area contributed by atoms with Crippen molar-refractivity contribution in [2.24, 2.45) is 0 Å². The summed E-state index contributed by atoms with van der Waals surface area (Å²) in [6.45, 7) is 13.1. The lowest BCUT2D eigenvalue weighted by Gasteiger charge is -2.14. The van der Waals surface area contributed by atoms with Crippen LogP contribution in [0.3, 0.4) is 0 Å². The molecule has 3 aromatic rings. The smallest absolute Gasteiger partial charge is 0.211 e. The van der Waals surface area contributed by atoms with Gasteiger partial charge in [0.15, 0.2) is 5.65 Å². The highest BCUT2D eigenvalue weighted by Gasteiger charge is 2.14. The van der Waals surface area contributed by atoms with Gasteiger partial charge in [-0.1, -0.05) is 23.4 Å². The van der Waals surface area contributed by atoms with Crippen LogP contribution in [0.15, 0.2) is 23.4 Å². The quantitative estimate of drug-likeness (QED) is 0.668. The molecule has 0 fully saturated rings. The molecule has 0 aliphatic heterocycles. The van der Waals surface area contributed by atoms with E-state index in [2.05, 4.69) is 60.7 Å². The Morgan fingerprint density at radius 3 is 2.62 bits per heavy atom. The standard InChI is InChI=1S/C18H25N5S/c1-5-22(6-2)10-11-24-18-19-17-16(20-21-18)14-12-13(4)8-9-15(14)23(17)7-3/h8-9,12H,5-7,10-11H2,1-4H3/p+1. The molecule has 0 aliphatic carbocycles. The van der Waals surface area contributed by atoms with Gasteiger partial charge in [0.25, 0.3) is 0 Å². The van der Waals surface area contributed by atoms with Crippen LogP contribution in [0.25, 0.3) is 22.1 Å². The van der Waals surface area contributed by atoms with Gasteiger partial charge in [0.2, 0.25) is 5.16 Å². The summed E-state index contributed by atoms with van der Waals surface area (Å²) >= 11 is 1.71. The zero-order valence-electron chi connectivity index (χ0n) is 15.0. The predicted octanol–water partition coefficient (Wildman–Crippen LogP) is 2.32. The van der Waals surface area contributed by atoms with E-state index in [9.17, 15) is 0 Å². The Bertz CT molecular complexity index is 838. The molecule has 0 spiro atoms. The van der Waals surface area contributed by atoms with Gasteiger partial charge in [-0.05, 0) is 39.8 Å². The first-order chi connectivity index (χ1) is 11.7. The van der Waals surface area contributed by atoms with Crippen LogP contribution in [0.2, 0.25) is 0 Å². The Labute approximate surface area is 147 Å². The molecular weight excluding hydrogens is 318 g/mol. The summed E-state index contributed by atoms with van der Waals surface area (Å²) in [5.74, 6) is 1.02. The lowest BCUT2D eigenvalue weighted by Crippen LogP contribution is -3.11. The third-order valence-corrected chi connectivity index (χ3v) is 5.44. The largest absolute Gasteiger partial charge is 0.335 e. The van der Waals surface area contributed by atoms with Crippen molar-refractivity contribution in [2.75, 3.05) is 25.4 Å². The summed E-state index contributed by atoms with van der Waals surface area (Å²) in [5, 5.41) is 10.8. The minimum absolute atomic E-state index is 0.781. The minimum Gasteiger partial charge on any atom is -0.335 e.